The molecule has 152 valence electrons. The van der Waals surface area contributed by atoms with Crippen LogP contribution >= 0.6 is 11.6 Å². The van der Waals surface area contributed by atoms with E-state index < -0.39 is 25.1 Å². The van der Waals surface area contributed by atoms with Gasteiger partial charge in [0.2, 0.25) is 10.0 Å². The molecule has 28 heavy (non-hydrogen) atoms. The maximum Gasteiger partial charge on any atom is 0.243 e. The number of aryl methyl sites for hydroxylation is 1. The van der Waals surface area contributed by atoms with Crippen LogP contribution in [-0.4, -0.2) is 47.1 Å². The maximum atomic E-state index is 13.1. The average Bonchev–Trinajstić information content (AvgIpc) is 2.80. The smallest absolute Gasteiger partial charge is 0.243 e. The van der Waals surface area contributed by atoms with Crippen molar-refractivity contribution in [2.75, 3.05) is 26.0 Å². The van der Waals surface area contributed by atoms with Gasteiger partial charge >= 0.3 is 0 Å². The van der Waals surface area contributed by atoms with Crippen LogP contribution in [0.15, 0.2) is 47.4 Å². The Labute approximate surface area is 171 Å². The van der Waals surface area contributed by atoms with Crippen LogP contribution in [0.1, 0.15) is 22.8 Å². The Hall–Kier alpha value is -1.61. The lowest BCUT2D eigenvalue weighted by Crippen LogP contribution is -2.33. The van der Waals surface area contributed by atoms with Crippen LogP contribution in [0.25, 0.3) is 0 Å². The first-order valence-electron chi connectivity index (χ1n) is 8.77. The summed E-state index contributed by atoms with van der Waals surface area (Å²) in [5.74, 6) is 0.341. The van der Waals surface area contributed by atoms with Gasteiger partial charge in [0.15, 0.2) is 9.84 Å². The third-order valence-corrected chi connectivity index (χ3v) is 9.30. The lowest BCUT2D eigenvalue weighted by Gasteiger charge is -2.20. The minimum Gasteiger partial charge on any atom is -0.496 e. The lowest BCUT2D eigenvalue weighted by atomic mass is 10.1. The minimum atomic E-state index is -3.82. The van der Waals surface area contributed by atoms with Crippen LogP contribution in [-0.2, 0) is 19.9 Å². The second-order valence-electron chi connectivity index (χ2n) is 6.70. The quantitative estimate of drug-likeness (QED) is 0.724. The Morgan fingerprint density at radius 1 is 1.14 bits per heavy atom. The molecule has 0 radical (unpaired) electrons. The number of benzene rings is 2. The molecule has 3 rings (SSSR count). The van der Waals surface area contributed by atoms with Gasteiger partial charge in [-0.3, -0.25) is 0 Å². The molecule has 1 saturated heterocycles. The van der Waals surface area contributed by atoms with E-state index in [0.717, 1.165) is 0 Å². The normalized spacial score (nSPS) is 20.5. The fourth-order valence-electron chi connectivity index (χ4n) is 3.41. The average molecular weight is 444 g/mol. The largest absolute Gasteiger partial charge is 0.496 e. The standard InChI is InChI=1S/C19H22ClNO5S2/c1-14-13-15(7-8-18(14)26-2)28(24,25)21-10-9-19(27(22,23)12-11-21)16-5-3-4-6-17(16)20/h3-8,13,19H,9-12H2,1-2H3. The summed E-state index contributed by atoms with van der Waals surface area (Å²) in [4.78, 5) is 0.124. The number of hydrogen-bond donors (Lipinski definition) is 0. The number of nitrogens with zero attached hydrogens (tertiary/aromatic N) is 1. The van der Waals surface area contributed by atoms with E-state index in [0.29, 0.717) is 21.9 Å². The van der Waals surface area contributed by atoms with E-state index >= 15 is 0 Å². The Bertz CT molecular complexity index is 1080. The molecule has 0 aromatic heterocycles. The first kappa shape index (κ1) is 21.1. The Morgan fingerprint density at radius 3 is 2.50 bits per heavy atom. The number of sulfone groups is 1. The molecule has 0 N–H and O–H groups in total. The fourth-order valence-corrected chi connectivity index (χ4v) is 7.22. The third-order valence-electron chi connectivity index (χ3n) is 4.96. The summed E-state index contributed by atoms with van der Waals surface area (Å²) in [5.41, 5.74) is 1.21. The first-order valence-corrected chi connectivity index (χ1v) is 12.3. The van der Waals surface area contributed by atoms with Crippen molar-refractivity contribution in [1.29, 1.82) is 0 Å². The van der Waals surface area contributed by atoms with Crippen molar-refractivity contribution >= 4 is 31.5 Å². The Morgan fingerprint density at radius 2 is 1.86 bits per heavy atom. The highest BCUT2D eigenvalue weighted by Gasteiger charge is 2.36. The highest BCUT2D eigenvalue weighted by Crippen LogP contribution is 2.35. The highest BCUT2D eigenvalue weighted by molar-refractivity contribution is 7.92. The van der Waals surface area contributed by atoms with Gasteiger partial charge in [-0.1, -0.05) is 29.8 Å². The molecule has 1 aliphatic rings. The van der Waals surface area contributed by atoms with Gasteiger partial charge in [-0.25, -0.2) is 16.8 Å². The van der Waals surface area contributed by atoms with E-state index in [2.05, 4.69) is 0 Å². The van der Waals surface area contributed by atoms with Gasteiger partial charge in [0, 0.05) is 18.1 Å². The molecule has 0 spiro atoms. The van der Waals surface area contributed by atoms with Crippen LogP contribution in [0.2, 0.25) is 5.02 Å². The monoisotopic (exact) mass is 443 g/mol. The topological polar surface area (TPSA) is 80.8 Å². The molecule has 9 heteroatoms. The number of sulfonamides is 1. The number of halogens is 1. The van der Waals surface area contributed by atoms with Crippen molar-refractivity contribution in [3.05, 3.63) is 58.6 Å². The van der Waals surface area contributed by atoms with Crippen molar-refractivity contribution < 1.29 is 21.6 Å². The molecule has 0 aliphatic carbocycles. The van der Waals surface area contributed by atoms with Gasteiger partial charge < -0.3 is 4.74 Å². The van der Waals surface area contributed by atoms with Crippen LogP contribution in [0.3, 0.4) is 0 Å². The molecular formula is C19H22ClNO5S2. The second-order valence-corrected chi connectivity index (χ2v) is 11.3. The minimum absolute atomic E-state index is 0.0866. The zero-order valence-corrected chi connectivity index (χ0v) is 18.0. The number of hydrogen-bond acceptors (Lipinski definition) is 5. The summed E-state index contributed by atoms with van der Waals surface area (Å²) in [6.07, 6.45) is 0.153. The number of rotatable bonds is 4. The molecule has 0 amide bonds. The summed E-state index contributed by atoms with van der Waals surface area (Å²) in [6.45, 7) is 1.78. The summed E-state index contributed by atoms with van der Waals surface area (Å²) < 4.78 is 58.2. The molecule has 6 nitrogen and oxygen atoms in total. The Balaban J connectivity index is 1.92. The predicted molar refractivity (Wildman–Crippen MR) is 109 cm³/mol. The van der Waals surface area contributed by atoms with Crippen molar-refractivity contribution in [3.8, 4) is 5.75 Å². The summed E-state index contributed by atoms with van der Waals surface area (Å²) in [6, 6.07) is 11.4. The third kappa shape index (κ3) is 4.05. The SMILES string of the molecule is COc1ccc(S(=O)(=O)N2CCC(c3ccccc3Cl)S(=O)(=O)CC2)cc1C. The van der Waals surface area contributed by atoms with Gasteiger partial charge in [-0.2, -0.15) is 4.31 Å². The van der Waals surface area contributed by atoms with E-state index in [1.165, 1.54) is 17.5 Å². The highest BCUT2D eigenvalue weighted by atomic mass is 35.5. The first-order chi connectivity index (χ1) is 13.2. The lowest BCUT2D eigenvalue weighted by molar-refractivity contribution is 0.410. The molecule has 1 fully saturated rings. The Kier molecular flexibility index (Phi) is 6.05. The zero-order valence-electron chi connectivity index (χ0n) is 15.6. The summed E-state index contributed by atoms with van der Waals surface area (Å²) >= 11 is 6.20. The van der Waals surface area contributed by atoms with E-state index in [9.17, 15) is 16.8 Å². The maximum absolute atomic E-state index is 13.1. The van der Waals surface area contributed by atoms with Gasteiger partial charge in [-0.05, 0) is 48.7 Å². The van der Waals surface area contributed by atoms with Gasteiger partial charge in [-0.15, -0.1) is 0 Å². The van der Waals surface area contributed by atoms with E-state index in [4.69, 9.17) is 16.3 Å². The van der Waals surface area contributed by atoms with Crippen molar-refractivity contribution in [3.63, 3.8) is 0 Å². The fraction of sp³-hybridized carbons (Fsp3) is 0.368. The van der Waals surface area contributed by atoms with Crippen molar-refractivity contribution in [2.24, 2.45) is 0 Å². The van der Waals surface area contributed by atoms with Gasteiger partial charge in [0.1, 0.15) is 5.75 Å². The van der Waals surface area contributed by atoms with Crippen LogP contribution in [0.4, 0.5) is 0 Å². The van der Waals surface area contributed by atoms with E-state index in [-0.39, 0.29) is 30.2 Å². The predicted octanol–water partition coefficient (Wildman–Crippen LogP) is 3.21. The van der Waals surface area contributed by atoms with Gasteiger partial charge in [0.05, 0.1) is 23.0 Å². The van der Waals surface area contributed by atoms with Gasteiger partial charge in [0.25, 0.3) is 0 Å². The number of ether oxygens (including phenoxy) is 1. The molecule has 0 bridgehead atoms. The van der Waals surface area contributed by atoms with Crippen molar-refractivity contribution in [2.45, 2.75) is 23.5 Å². The van der Waals surface area contributed by atoms with Crippen LogP contribution in [0.5, 0.6) is 5.75 Å². The molecule has 1 atom stereocenters. The van der Waals surface area contributed by atoms with Crippen LogP contribution < -0.4 is 4.74 Å². The number of methoxy groups -OCH3 is 1. The molecule has 0 saturated carbocycles. The molecule has 2 aromatic rings. The van der Waals surface area contributed by atoms with Crippen LogP contribution in [0, 0.1) is 6.92 Å². The molecule has 2 aromatic carbocycles. The van der Waals surface area contributed by atoms with E-state index in [1.54, 1.807) is 43.3 Å². The molecule has 1 heterocycles. The molecular weight excluding hydrogens is 422 g/mol. The van der Waals surface area contributed by atoms with Crippen molar-refractivity contribution in [1.82, 2.24) is 4.31 Å². The molecule has 1 aliphatic heterocycles. The van der Waals surface area contributed by atoms with E-state index in [1.807, 2.05) is 0 Å². The summed E-state index contributed by atoms with van der Waals surface area (Å²) in [7, 11) is -5.84. The molecule has 1 unspecified atom stereocenters. The zero-order chi connectivity index (χ0) is 20.5. The second kappa shape index (κ2) is 8.02. The summed E-state index contributed by atoms with van der Waals surface area (Å²) in [5, 5.41) is -0.447.